The summed E-state index contributed by atoms with van der Waals surface area (Å²) in [4.78, 5) is 15.0. The molecule has 1 aromatic carbocycles. The average Bonchev–Trinajstić information content (AvgIpc) is 3.23. The number of amides is 1. The zero-order valence-corrected chi connectivity index (χ0v) is 15.8. The Morgan fingerprint density at radius 1 is 1.19 bits per heavy atom. The molecule has 0 saturated heterocycles. The molecule has 3 aromatic rings. The predicted octanol–water partition coefficient (Wildman–Crippen LogP) is 3.58. The molecule has 4 rings (SSSR count). The Hall–Kier alpha value is -2.89. The molecule has 1 atom stereocenters. The summed E-state index contributed by atoms with van der Waals surface area (Å²) in [6.45, 7) is 7.48. The van der Waals surface area contributed by atoms with Crippen molar-refractivity contribution >= 4 is 5.91 Å². The molecule has 0 aliphatic carbocycles. The largest absolute Gasteiger partial charge is 0.348 e. The van der Waals surface area contributed by atoms with Gasteiger partial charge >= 0.3 is 0 Å². The van der Waals surface area contributed by atoms with Crippen molar-refractivity contribution in [2.24, 2.45) is 0 Å². The summed E-state index contributed by atoms with van der Waals surface area (Å²) in [5, 5.41) is 4.57. The molecule has 1 unspecified atom stereocenters. The summed E-state index contributed by atoms with van der Waals surface area (Å²) in [7, 11) is 0. The molecular weight excluding hydrogens is 343 g/mol. The third-order valence-corrected chi connectivity index (χ3v) is 5.50. The highest BCUT2D eigenvalue weighted by Crippen LogP contribution is 2.27. The van der Waals surface area contributed by atoms with Crippen LogP contribution >= 0.6 is 0 Å². The maximum Gasteiger partial charge on any atom is 0.227 e. The van der Waals surface area contributed by atoms with E-state index in [1.165, 1.54) is 17.8 Å². The van der Waals surface area contributed by atoms with Crippen LogP contribution in [0.5, 0.6) is 0 Å². The SMILES string of the molecule is Cc1nn(-c2ccc(F)cc2)c(C)c1CC(=O)N1CCn2cccc2C1C. The maximum absolute atomic E-state index is 13.2. The quantitative estimate of drug-likeness (QED) is 0.711. The van der Waals surface area contributed by atoms with Crippen molar-refractivity contribution < 1.29 is 9.18 Å². The van der Waals surface area contributed by atoms with Gasteiger partial charge in [-0.2, -0.15) is 5.10 Å². The van der Waals surface area contributed by atoms with E-state index in [1.807, 2.05) is 24.8 Å². The highest BCUT2D eigenvalue weighted by molar-refractivity contribution is 5.80. The van der Waals surface area contributed by atoms with E-state index in [1.54, 1.807) is 16.8 Å². The molecule has 0 radical (unpaired) electrons. The van der Waals surface area contributed by atoms with Crippen LogP contribution in [-0.4, -0.2) is 31.7 Å². The Kier molecular flexibility index (Phi) is 4.34. The fourth-order valence-corrected chi connectivity index (χ4v) is 3.94. The number of benzene rings is 1. The van der Waals surface area contributed by atoms with E-state index < -0.39 is 0 Å². The number of carbonyl (C=O) groups is 1. The van der Waals surface area contributed by atoms with Gasteiger partial charge in [-0.05, 0) is 57.2 Å². The highest BCUT2D eigenvalue weighted by Gasteiger charge is 2.28. The van der Waals surface area contributed by atoms with E-state index >= 15 is 0 Å². The minimum atomic E-state index is -0.278. The number of carbonyl (C=O) groups excluding carboxylic acids is 1. The first-order chi connectivity index (χ1) is 13.0. The van der Waals surface area contributed by atoms with Crippen LogP contribution in [-0.2, 0) is 17.8 Å². The summed E-state index contributed by atoms with van der Waals surface area (Å²) in [5.74, 6) is -0.167. The Morgan fingerprint density at radius 3 is 2.67 bits per heavy atom. The van der Waals surface area contributed by atoms with Crippen molar-refractivity contribution in [2.45, 2.75) is 39.8 Å². The van der Waals surface area contributed by atoms with E-state index in [0.717, 1.165) is 29.2 Å². The molecule has 0 spiro atoms. The normalized spacial score (nSPS) is 16.4. The number of nitrogens with zero attached hydrogens (tertiary/aromatic N) is 4. The third kappa shape index (κ3) is 3.05. The lowest BCUT2D eigenvalue weighted by Crippen LogP contribution is -2.41. The summed E-state index contributed by atoms with van der Waals surface area (Å²) in [5.41, 5.74) is 4.65. The molecule has 0 saturated carbocycles. The minimum absolute atomic E-state index is 0.0639. The van der Waals surface area contributed by atoms with Gasteiger partial charge in [-0.3, -0.25) is 4.79 Å². The van der Waals surface area contributed by atoms with Gasteiger partial charge in [-0.25, -0.2) is 9.07 Å². The van der Waals surface area contributed by atoms with Crippen LogP contribution in [0.15, 0.2) is 42.6 Å². The van der Waals surface area contributed by atoms with Crippen molar-refractivity contribution in [2.75, 3.05) is 6.54 Å². The van der Waals surface area contributed by atoms with Crippen molar-refractivity contribution in [1.82, 2.24) is 19.2 Å². The second-order valence-corrected chi connectivity index (χ2v) is 7.10. The molecule has 0 fully saturated rings. The molecule has 27 heavy (non-hydrogen) atoms. The monoisotopic (exact) mass is 366 g/mol. The van der Waals surface area contributed by atoms with Gasteiger partial charge in [-0.15, -0.1) is 0 Å². The maximum atomic E-state index is 13.2. The molecule has 3 heterocycles. The lowest BCUT2D eigenvalue weighted by Gasteiger charge is -2.35. The Morgan fingerprint density at radius 2 is 1.93 bits per heavy atom. The summed E-state index contributed by atoms with van der Waals surface area (Å²) >= 11 is 0. The van der Waals surface area contributed by atoms with Crippen LogP contribution in [0, 0.1) is 19.7 Å². The van der Waals surface area contributed by atoms with Gasteiger partial charge < -0.3 is 9.47 Å². The zero-order chi connectivity index (χ0) is 19.1. The third-order valence-electron chi connectivity index (χ3n) is 5.50. The average molecular weight is 366 g/mol. The fourth-order valence-electron chi connectivity index (χ4n) is 3.94. The van der Waals surface area contributed by atoms with Crippen molar-refractivity contribution in [3.8, 4) is 5.69 Å². The molecule has 0 N–H and O–H groups in total. The van der Waals surface area contributed by atoms with Gasteiger partial charge in [0.25, 0.3) is 0 Å². The lowest BCUT2D eigenvalue weighted by atomic mass is 10.1. The first-order valence-electron chi connectivity index (χ1n) is 9.21. The number of fused-ring (bicyclic) bond motifs is 1. The van der Waals surface area contributed by atoms with Gasteiger partial charge in [0.1, 0.15) is 5.82 Å². The molecule has 0 bridgehead atoms. The van der Waals surface area contributed by atoms with E-state index in [9.17, 15) is 9.18 Å². The van der Waals surface area contributed by atoms with E-state index in [-0.39, 0.29) is 17.8 Å². The van der Waals surface area contributed by atoms with Crippen LogP contribution in [0.3, 0.4) is 0 Å². The molecule has 1 amide bonds. The molecule has 140 valence electrons. The Balaban J connectivity index is 1.58. The lowest BCUT2D eigenvalue weighted by molar-refractivity contribution is -0.133. The van der Waals surface area contributed by atoms with E-state index in [2.05, 4.69) is 28.9 Å². The van der Waals surface area contributed by atoms with Crippen LogP contribution in [0.1, 0.15) is 35.6 Å². The minimum Gasteiger partial charge on any atom is -0.348 e. The Labute approximate surface area is 158 Å². The van der Waals surface area contributed by atoms with Gasteiger partial charge in [0.2, 0.25) is 5.91 Å². The zero-order valence-electron chi connectivity index (χ0n) is 15.8. The number of hydrogen-bond acceptors (Lipinski definition) is 2. The van der Waals surface area contributed by atoms with Crippen LogP contribution in [0.2, 0.25) is 0 Å². The van der Waals surface area contributed by atoms with Crippen molar-refractivity contribution in [3.63, 3.8) is 0 Å². The number of halogens is 1. The van der Waals surface area contributed by atoms with E-state index in [4.69, 9.17) is 0 Å². The summed E-state index contributed by atoms with van der Waals surface area (Å²) in [6, 6.07) is 10.4. The van der Waals surface area contributed by atoms with Crippen LogP contribution in [0.25, 0.3) is 5.69 Å². The number of aromatic nitrogens is 3. The van der Waals surface area contributed by atoms with Crippen LogP contribution in [0.4, 0.5) is 4.39 Å². The van der Waals surface area contributed by atoms with Crippen molar-refractivity contribution in [1.29, 1.82) is 0 Å². The summed E-state index contributed by atoms with van der Waals surface area (Å²) < 4.78 is 17.2. The Bertz CT molecular complexity index is 986. The highest BCUT2D eigenvalue weighted by atomic mass is 19.1. The molecule has 1 aliphatic rings. The molecule has 6 heteroatoms. The standard InChI is InChI=1S/C21H23FN4O/c1-14-19(15(2)26(23-14)18-8-6-17(22)7-9-18)13-21(27)25-12-11-24-10-4-5-20(24)16(25)3/h4-10,16H,11-13H2,1-3H3. The van der Waals surface area contributed by atoms with Gasteiger partial charge in [-0.1, -0.05) is 0 Å². The van der Waals surface area contributed by atoms with Gasteiger partial charge in [0.05, 0.1) is 23.8 Å². The molecule has 5 nitrogen and oxygen atoms in total. The first kappa shape index (κ1) is 17.5. The number of rotatable bonds is 3. The molecule has 1 aliphatic heterocycles. The molecular formula is C21H23FN4O. The smallest absolute Gasteiger partial charge is 0.227 e. The van der Waals surface area contributed by atoms with Gasteiger partial charge in [0, 0.05) is 36.2 Å². The number of hydrogen-bond donors (Lipinski definition) is 0. The molecule has 2 aromatic heterocycles. The topological polar surface area (TPSA) is 43.1 Å². The fraction of sp³-hybridized carbons (Fsp3) is 0.333. The second kappa shape index (κ2) is 6.68. The van der Waals surface area contributed by atoms with E-state index in [0.29, 0.717) is 13.0 Å². The predicted molar refractivity (Wildman–Crippen MR) is 101 cm³/mol. The van der Waals surface area contributed by atoms with Crippen LogP contribution < -0.4 is 0 Å². The summed E-state index contributed by atoms with van der Waals surface area (Å²) in [6.07, 6.45) is 2.39. The first-order valence-corrected chi connectivity index (χ1v) is 9.21. The number of aryl methyl sites for hydroxylation is 1. The van der Waals surface area contributed by atoms with Gasteiger partial charge in [0.15, 0.2) is 0 Å². The second-order valence-electron chi connectivity index (χ2n) is 7.10. The van der Waals surface area contributed by atoms with Crippen molar-refractivity contribution in [3.05, 3.63) is 71.1 Å².